The number of fused-ring (bicyclic) bond motifs is 1. The Morgan fingerprint density at radius 1 is 0.943 bits per heavy atom. The van der Waals surface area contributed by atoms with E-state index >= 15 is 0 Å². The Bertz CT molecular complexity index is 1250. The molecule has 4 aromatic rings. The number of likely N-dealkylation sites (tertiary alicyclic amines) is 1. The lowest BCUT2D eigenvalue weighted by Gasteiger charge is -2.30. The minimum Gasteiger partial charge on any atom is -0.316 e. The molecule has 3 heterocycles. The standard InChI is InChI=1S/C31H35N3O/c1-24-14-18-33(19-15-24)20-16-27-23-34(31-7-3-2-6-30(27)31)28-11-8-25(9-12-28)21-29(35)13-10-26-5-4-17-32-22-26/h2-9,11-12,17,22-24H,10,13-16,18-21H2,1H3. The highest BCUT2D eigenvalue weighted by Gasteiger charge is 2.17. The molecule has 2 aromatic carbocycles. The number of hydrogen-bond donors (Lipinski definition) is 0. The predicted octanol–water partition coefficient (Wildman–Crippen LogP) is 6.04. The van der Waals surface area contributed by atoms with Crippen LogP contribution < -0.4 is 0 Å². The minimum atomic E-state index is 0.266. The van der Waals surface area contributed by atoms with Crippen molar-refractivity contribution in [1.29, 1.82) is 0 Å². The summed E-state index contributed by atoms with van der Waals surface area (Å²) in [5.41, 5.74) is 5.98. The van der Waals surface area contributed by atoms with Crippen LogP contribution in [0.25, 0.3) is 16.6 Å². The Kier molecular flexibility index (Phi) is 7.39. The van der Waals surface area contributed by atoms with Gasteiger partial charge in [0.15, 0.2) is 0 Å². The van der Waals surface area contributed by atoms with Gasteiger partial charge < -0.3 is 9.47 Å². The maximum Gasteiger partial charge on any atom is 0.137 e. The van der Waals surface area contributed by atoms with Crippen molar-refractivity contribution in [2.75, 3.05) is 19.6 Å². The second-order valence-electron chi connectivity index (χ2n) is 10.1. The van der Waals surface area contributed by atoms with Gasteiger partial charge in [-0.1, -0.05) is 43.3 Å². The van der Waals surface area contributed by atoms with Crippen molar-refractivity contribution in [1.82, 2.24) is 14.5 Å². The van der Waals surface area contributed by atoms with E-state index in [1.807, 2.05) is 18.3 Å². The minimum absolute atomic E-state index is 0.266. The SMILES string of the molecule is CC1CCN(CCc2cn(-c3ccc(CC(=O)CCc4cccnc4)cc3)c3ccccc23)CC1. The second-order valence-corrected chi connectivity index (χ2v) is 10.1. The molecule has 4 nitrogen and oxygen atoms in total. The summed E-state index contributed by atoms with van der Waals surface area (Å²) in [7, 11) is 0. The summed E-state index contributed by atoms with van der Waals surface area (Å²) < 4.78 is 2.30. The van der Waals surface area contributed by atoms with E-state index in [4.69, 9.17) is 0 Å². The van der Waals surface area contributed by atoms with Crippen LogP contribution in [0.2, 0.25) is 0 Å². The highest BCUT2D eigenvalue weighted by molar-refractivity contribution is 5.86. The lowest BCUT2D eigenvalue weighted by molar-refractivity contribution is -0.118. The number of ketones is 1. The zero-order valence-corrected chi connectivity index (χ0v) is 20.7. The van der Waals surface area contributed by atoms with Crippen molar-refractivity contribution in [2.45, 2.75) is 45.4 Å². The normalized spacial score (nSPS) is 15.0. The number of Topliss-reactive ketones (excluding diaryl/α,β-unsaturated/α-hetero) is 1. The van der Waals surface area contributed by atoms with Gasteiger partial charge in [-0.25, -0.2) is 0 Å². The fourth-order valence-electron chi connectivity index (χ4n) is 5.15. The molecule has 4 heteroatoms. The van der Waals surface area contributed by atoms with E-state index in [0.29, 0.717) is 12.8 Å². The lowest BCUT2D eigenvalue weighted by Crippen LogP contribution is -2.34. The van der Waals surface area contributed by atoms with Gasteiger partial charge in [0.05, 0.1) is 5.52 Å². The van der Waals surface area contributed by atoms with Gasteiger partial charge in [0.25, 0.3) is 0 Å². The van der Waals surface area contributed by atoms with Gasteiger partial charge in [-0.15, -0.1) is 0 Å². The monoisotopic (exact) mass is 465 g/mol. The van der Waals surface area contributed by atoms with Crippen molar-refractivity contribution in [3.05, 3.63) is 95.9 Å². The average molecular weight is 466 g/mol. The molecule has 0 amide bonds. The molecule has 0 radical (unpaired) electrons. The Hall–Kier alpha value is -3.24. The third-order valence-electron chi connectivity index (χ3n) is 7.40. The van der Waals surface area contributed by atoms with E-state index in [1.165, 1.54) is 42.4 Å². The quantitative estimate of drug-likeness (QED) is 0.302. The Morgan fingerprint density at radius 3 is 2.51 bits per heavy atom. The molecule has 0 N–H and O–H groups in total. The molecule has 1 fully saturated rings. The summed E-state index contributed by atoms with van der Waals surface area (Å²) in [5.74, 6) is 1.13. The topological polar surface area (TPSA) is 38.1 Å². The highest BCUT2D eigenvalue weighted by atomic mass is 16.1. The molecule has 35 heavy (non-hydrogen) atoms. The Balaban J connectivity index is 1.25. The molecule has 1 aliphatic heterocycles. The first kappa shape index (κ1) is 23.5. The number of pyridine rings is 1. The van der Waals surface area contributed by atoms with Gasteiger partial charge in [-0.2, -0.15) is 0 Å². The molecular formula is C31H35N3O. The number of carbonyl (C=O) groups is 1. The molecule has 2 aromatic heterocycles. The number of nitrogens with zero attached hydrogens (tertiary/aromatic N) is 3. The molecule has 0 bridgehead atoms. The average Bonchev–Trinajstić information content (AvgIpc) is 3.27. The smallest absolute Gasteiger partial charge is 0.137 e. The second kappa shape index (κ2) is 11.0. The Morgan fingerprint density at radius 2 is 1.74 bits per heavy atom. The highest BCUT2D eigenvalue weighted by Crippen LogP contribution is 2.26. The zero-order chi connectivity index (χ0) is 24.0. The molecule has 0 saturated carbocycles. The summed E-state index contributed by atoms with van der Waals surface area (Å²) >= 11 is 0. The van der Waals surface area contributed by atoms with Crippen molar-refractivity contribution < 1.29 is 4.79 Å². The van der Waals surface area contributed by atoms with Crippen LogP contribution in [-0.2, 0) is 24.1 Å². The van der Waals surface area contributed by atoms with E-state index in [9.17, 15) is 4.79 Å². The van der Waals surface area contributed by atoms with Crippen molar-refractivity contribution in [3.63, 3.8) is 0 Å². The van der Waals surface area contributed by atoms with Gasteiger partial charge in [-0.05, 0) is 85.6 Å². The largest absolute Gasteiger partial charge is 0.316 e. The number of rotatable bonds is 9. The lowest BCUT2D eigenvalue weighted by atomic mass is 9.99. The van der Waals surface area contributed by atoms with Crippen molar-refractivity contribution >= 4 is 16.7 Å². The van der Waals surface area contributed by atoms with Crippen LogP contribution in [0.4, 0.5) is 0 Å². The summed E-state index contributed by atoms with van der Waals surface area (Å²) in [5, 5.41) is 1.34. The van der Waals surface area contributed by atoms with E-state index in [0.717, 1.165) is 42.1 Å². The molecule has 5 rings (SSSR count). The van der Waals surface area contributed by atoms with Gasteiger partial charge in [0, 0.05) is 49.1 Å². The number of benzene rings is 2. The third-order valence-corrected chi connectivity index (χ3v) is 7.40. The molecule has 0 spiro atoms. The number of carbonyl (C=O) groups excluding carboxylic acids is 1. The van der Waals surface area contributed by atoms with Crippen LogP contribution in [0.3, 0.4) is 0 Å². The van der Waals surface area contributed by atoms with Crippen LogP contribution in [-0.4, -0.2) is 39.9 Å². The fraction of sp³-hybridized carbons (Fsp3) is 0.355. The molecule has 0 atom stereocenters. The first-order valence-corrected chi connectivity index (χ1v) is 13.0. The number of aryl methyl sites for hydroxylation is 1. The number of aromatic nitrogens is 2. The summed E-state index contributed by atoms with van der Waals surface area (Å²) in [6.07, 6.45) is 11.4. The summed E-state index contributed by atoms with van der Waals surface area (Å²) in [4.78, 5) is 19.3. The van der Waals surface area contributed by atoms with Crippen LogP contribution in [0, 0.1) is 5.92 Å². The van der Waals surface area contributed by atoms with Crippen LogP contribution in [0.1, 0.15) is 42.9 Å². The van der Waals surface area contributed by atoms with Crippen LogP contribution in [0.5, 0.6) is 0 Å². The number of piperidine rings is 1. The molecule has 0 aliphatic carbocycles. The van der Waals surface area contributed by atoms with Crippen LogP contribution in [0.15, 0.2) is 79.3 Å². The van der Waals surface area contributed by atoms with E-state index in [1.54, 1.807) is 6.20 Å². The molecular weight excluding hydrogens is 430 g/mol. The van der Waals surface area contributed by atoms with Gasteiger partial charge in [0.1, 0.15) is 5.78 Å². The van der Waals surface area contributed by atoms with Gasteiger partial charge in [0.2, 0.25) is 0 Å². The number of hydrogen-bond acceptors (Lipinski definition) is 3. The predicted molar refractivity (Wildman–Crippen MR) is 143 cm³/mol. The first-order valence-electron chi connectivity index (χ1n) is 13.0. The van der Waals surface area contributed by atoms with E-state index < -0.39 is 0 Å². The first-order chi connectivity index (χ1) is 17.2. The maximum atomic E-state index is 12.5. The zero-order valence-electron chi connectivity index (χ0n) is 20.7. The van der Waals surface area contributed by atoms with Gasteiger partial charge >= 0.3 is 0 Å². The fourth-order valence-corrected chi connectivity index (χ4v) is 5.15. The van der Waals surface area contributed by atoms with Gasteiger partial charge in [-0.3, -0.25) is 9.78 Å². The van der Waals surface area contributed by atoms with Crippen molar-refractivity contribution in [2.24, 2.45) is 5.92 Å². The van der Waals surface area contributed by atoms with Crippen molar-refractivity contribution in [3.8, 4) is 5.69 Å². The molecule has 0 unspecified atom stereocenters. The maximum absolute atomic E-state index is 12.5. The molecule has 1 aliphatic rings. The Labute approximate surface area is 208 Å². The molecule has 1 saturated heterocycles. The van der Waals surface area contributed by atoms with E-state index in [2.05, 4.69) is 76.1 Å². The third kappa shape index (κ3) is 5.88. The van der Waals surface area contributed by atoms with Crippen LogP contribution >= 0.6 is 0 Å². The summed E-state index contributed by atoms with van der Waals surface area (Å²) in [6.45, 7) is 5.94. The van der Waals surface area contributed by atoms with E-state index in [-0.39, 0.29) is 5.78 Å². The summed E-state index contributed by atoms with van der Waals surface area (Å²) in [6, 6.07) is 21.1. The molecule has 180 valence electrons. The number of para-hydroxylation sites is 1.